The van der Waals surface area contributed by atoms with Crippen molar-refractivity contribution in [2.45, 2.75) is 40.2 Å². The third-order valence-corrected chi connectivity index (χ3v) is 5.98. The summed E-state index contributed by atoms with van der Waals surface area (Å²) in [7, 11) is 3.62. The Labute approximate surface area is 180 Å². The third kappa shape index (κ3) is 5.63. The number of carbonyl (C=O) groups is 1. The smallest absolute Gasteiger partial charge is 0.274 e. The molecule has 0 atom stereocenters. The summed E-state index contributed by atoms with van der Waals surface area (Å²) in [5, 5.41) is 4.41. The van der Waals surface area contributed by atoms with Gasteiger partial charge in [0.15, 0.2) is 5.69 Å². The van der Waals surface area contributed by atoms with Gasteiger partial charge in [0.05, 0.1) is 7.11 Å². The molecule has 0 unspecified atom stereocenters. The second-order valence-electron chi connectivity index (χ2n) is 8.93. The van der Waals surface area contributed by atoms with Crippen molar-refractivity contribution in [3.63, 3.8) is 0 Å². The summed E-state index contributed by atoms with van der Waals surface area (Å²) in [5.41, 5.74) is 2.80. The van der Waals surface area contributed by atoms with Gasteiger partial charge in [-0.2, -0.15) is 5.10 Å². The number of para-hydroxylation sites is 1. The van der Waals surface area contributed by atoms with E-state index in [1.165, 1.54) is 5.56 Å². The second-order valence-corrected chi connectivity index (χ2v) is 8.93. The van der Waals surface area contributed by atoms with Crippen molar-refractivity contribution in [1.29, 1.82) is 0 Å². The number of hydrogen-bond acceptors (Lipinski definition) is 4. The quantitative estimate of drug-likeness (QED) is 0.663. The molecule has 0 aliphatic carbocycles. The lowest BCUT2D eigenvalue weighted by Gasteiger charge is -2.35. The highest BCUT2D eigenvalue weighted by Gasteiger charge is 2.26. The maximum atomic E-state index is 13.1. The Balaban J connectivity index is 1.58. The summed E-state index contributed by atoms with van der Waals surface area (Å²) in [5.74, 6) is 1.98. The molecular formula is C24H36N4O2. The van der Waals surface area contributed by atoms with Crippen LogP contribution in [0.15, 0.2) is 30.3 Å². The van der Waals surface area contributed by atoms with Gasteiger partial charge >= 0.3 is 0 Å². The third-order valence-electron chi connectivity index (χ3n) is 5.98. The van der Waals surface area contributed by atoms with E-state index >= 15 is 0 Å². The number of aryl methyl sites for hydroxylation is 2. The van der Waals surface area contributed by atoms with E-state index in [4.69, 9.17) is 4.74 Å². The molecule has 0 bridgehead atoms. The van der Waals surface area contributed by atoms with Gasteiger partial charge in [-0.1, -0.05) is 32.0 Å². The van der Waals surface area contributed by atoms with Gasteiger partial charge in [-0.05, 0) is 56.8 Å². The molecule has 3 rings (SSSR count). The fourth-order valence-corrected chi connectivity index (χ4v) is 4.22. The highest BCUT2D eigenvalue weighted by Crippen LogP contribution is 2.24. The minimum atomic E-state index is 0.0591. The molecule has 2 heterocycles. The minimum Gasteiger partial charge on any atom is -0.496 e. The zero-order chi connectivity index (χ0) is 21.7. The number of carbonyl (C=O) groups excluding carboxylic acids is 1. The van der Waals surface area contributed by atoms with Gasteiger partial charge in [-0.15, -0.1) is 0 Å². The number of methoxy groups -OCH3 is 1. The Hall–Kier alpha value is -2.34. The molecule has 30 heavy (non-hydrogen) atoms. The van der Waals surface area contributed by atoms with Crippen LogP contribution in [-0.2, 0) is 13.6 Å². The van der Waals surface area contributed by atoms with Gasteiger partial charge in [0.2, 0.25) is 0 Å². The van der Waals surface area contributed by atoms with Crippen LogP contribution >= 0.6 is 0 Å². The summed E-state index contributed by atoms with van der Waals surface area (Å²) in [6.45, 7) is 10.9. The Morgan fingerprint density at radius 1 is 1.27 bits per heavy atom. The van der Waals surface area contributed by atoms with E-state index in [9.17, 15) is 4.79 Å². The van der Waals surface area contributed by atoms with Gasteiger partial charge in [-0.25, -0.2) is 0 Å². The van der Waals surface area contributed by atoms with E-state index in [1.54, 1.807) is 11.8 Å². The monoisotopic (exact) mass is 412 g/mol. The molecule has 1 saturated heterocycles. The summed E-state index contributed by atoms with van der Waals surface area (Å²) < 4.78 is 7.27. The molecular weight excluding hydrogens is 376 g/mol. The van der Waals surface area contributed by atoms with Crippen molar-refractivity contribution in [1.82, 2.24) is 19.6 Å². The highest BCUT2D eigenvalue weighted by atomic mass is 16.5. The fourth-order valence-electron chi connectivity index (χ4n) is 4.22. The predicted molar refractivity (Wildman–Crippen MR) is 120 cm³/mol. The molecule has 0 saturated carbocycles. The number of amides is 1. The number of benzene rings is 1. The zero-order valence-corrected chi connectivity index (χ0v) is 19.1. The molecule has 0 N–H and O–H groups in total. The van der Waals surface area contributed by atoms with Crippen LogP contribution in [0.1, 0.15) is 48.4 Å². The van der Waals surface area contributed by atoms with E-state index < -0.39 is 0 Å². The van der Waals surface area contributed by atoms with Crippen LogP contribution in [0.2, 0.25) is 0 Å². The van der Waals surface area contributed by atoms with E-state index in [0.29, 0.717) is 17.5 Å². The number of aromatic nitrogens is 2. The van der Waals surface area contributed by atoms with Crippen molar-refractivity contribution in [2.75, 3.05) is 33.3 Å². The second kappa shape index (κ2) is 10.1. The Morgan fingerprint density at radius 3 is 2.57 bits per heavy atom. The molecule has 164 valence electrons. The molecule has 1 amide bonds. The summed E-state index contributed by atoms with van der Waals surface area (Å²) in [6, 6.07) is 10.1. The molecule has 1 fully saturated rings. The predicted octanol–water partition coefficient (Wildman–Crippen LogP) is 3.75. The van der Waals surface area contributed by atoms with Gasteiger partial charge in [-0.3, -0.25) is 14.4 Å². The number of hydrogen-bond donors (Lipinski definition) is 0. The van der Waals surface area contributed by atoms with Crippen LogP contribution in [0.4, 0.5) is 0 Å². The topological polar surface area (TPSA) is 50.6 Å². The van der Waals surface area contributed by atoms with E-state index in [1.807, 2.05) is 37.1 Å². The molecule has 1 aromatic heterocycles. The Morgan fingerprint density at radius 2 is 1.97 bits per heavy atom. The maximum Gasteiger partial charge on any atom is 0.274 e. The zero-order valence-electron chi connectivity index (χ0n) is 19.1. The summed E-state index contributed by atoms with van der Waals surface area (Å²) in [4.78, 5) is 17.6. The number of piperidine rings is 1. The average Bonchev–Trinajstić information content (AvgIpc) is 3.07. The van der Waals surface area contributed by atoms with E-state index in [2.05, 4.69) is 36.0 Å². The molecule has 1 aromatic carbocycles. The molecule has 0 radical (unpaired) electrons. The summed E-state index contributed by atoms with van der Waals surface area (Å²) in [6.07, 6.45) is 2.22. The number of likely N-dealkylation sites (tertiary alicyclic amines) is 1. The first kappa shape index (κ1) is 22.3. The van der Waals surface area contributed by atoms with Gasteiger partial charge in [0.1, 0.15) is 5.75 Å². The van der Waals surface area contributed by atoms with Crippen LogP contribution in [0.3, 0.4) is 0 Å². The Kier molecular flexibility index (Phi) is 7.53. The van der Waals surface area contributed by atoms with Crippen molar-refractivity contribution in [2.24, 2.45) is 18.9 Å². The lowest BCUT2D eigenvalue weighted by Crippen LogP contribution is -2.42. The van der Waals surface area contributed by atoms with Crippen LogP contribution in [0.25, 0.3) is 0 Å². The summed E-state index contributed by atoms with van der Waals surface area (Å²) >= 11 is 0. The fraction of sp³-hybridized carbons (Fsp3) is 0.583. The first-order valence-electron chi connectivity index (χ1n) is 11.0. The largest absolute Gasteiger partial charge is 0.496 e. The van der Waals surface area contributed by atoms with Crippen molar-refractivity contribution >= 4 is 5.91 Å². The SMILES string of the molecule is COc1ccccc1CN1CCC(CN(CC(C)C)C(=O)c2cc(C)n(C)n2)CC1. The molecule has 1 aliphatic rings. The number of rotatable bonds is 8. The number of nitrogens with zero attached hydrogens (tertiary/aromatic N) is 4. The molecule has 1 aliphatic heterocycles. The first-order chi connectivity index (χ1) is 14.4. The van der Waals surface area contributed by atoms with Crippen LogP contribution < -0.4 is 4.74 Å². The molecule has 0 spiro atoms. The van der Waals surface area contributed by atoms with Crippen LogP contribution in [0.5, 0.6) is 5.75 Å². The minimum absolute atomic E-state index is 0.0591. The van der Waals surface area contributed by atoms with Gasteiger partial charge < -0.3 is 9.64 Å². The first-order valence-corrected chi connectivity index (χ1v) is 11.0. The van der Waals surface area contributed by atoms with Crippen LogP contribution in [0, 0.1) is 18.8 Å². The lowest BCUT2D eigenvalue weighted by molar-refractivity contribution is 0.0656. The average molecular weight is 413 g/mol. The number of ether oxygens (including phenoxy) is 1. The Bertz CT molecular complexity index is 818. The van der Waals surface area contributed by atoms with Crippen molar-refractivity contribution < 1.29 is 9.53 Å². The lowest BCUT2D eigenvalue weighted by atomic mass is 9.95. The molecule has 6 nitrogen and oxygen atoms in total. The van der Waals surface area contributed by atoms with E-state index in [-0.39, 0.29) is 5.91 Å². The maximum absolute atomic E-state index is 13.1. The standard InChI is InChI=1S/C24H36N4O2/c1-18(2)15-28(24(29)22-14-19(3)26(4)25-22)16-20-10-12-27(13-11-20)17-21-8-6-7-9-23(21)30-5/h6-9,14,18,20H,10-13,15-17H2,1-5H3. The van der Waals surface area contributed by atoms with Gasteiger partial charge in [0.25, 0.3) is 5.91 Å². The highest BCUT2D eigenvalue weighted by molar-refractivity contribution is 5.92. The molecule has 2 aromatic rings. The van der Waals surface area contributed by atoms with Crippen LogP contribution in [-0.4, -0.2) is 58.8 Å². The normalized spacial score (nSPS) is 15.5. The van der Waals surface area contributed by atoms with E-state index in [0.717, 1.165) is 57.0 Å². The molecule has 6 heteroatoms. The van der Waals surface area contributed by atoms with Crippen molar-refractivity contribution in [3.8, 4) is 5.75 Å². The van der Waals surface area contributed by atoms with Crippen molar-refractivity contribution in [3.05, 3.63) is 47.3 Å². The van der Waals surface area contributed by atoms with Gasteiger partial charge in [0, 0.05) is 37.9 Å².